The maximum absolute atomic E-state index is 5.47. The normalized spacial score (nSPS) is 15.9. The van der Waals surface area contributed by atoms with Crippen molar-refractivity contribution >= 4 is 18.1 Å². The van der Waals surface area contributed by atoms with Gasteiger partial charge in [-0.25, -0.2) is 4.98 Å². The fourth-order valence-electron chi connectivity index (χ4n) is 4.92. The minimum atomic E-state index is 0.0516. The van der Waals surface area contributed by atoms with E-state index in [0.717, 1.165) is 54.6 Å². The molecule has 0 saturated heterocycles. The van der Waals surface area contributed by atoms with Crippen molar-refractivity contribution < 1.29 is 4.74 Å². The van der Waals surface area contributed by atoms with Crippen molar-refractivity contribution in [2.45, 2.75) is 74.7 Å². The maximum Gasteiger partial charge on any atom is 0.206 e. The quantitative estimate of drug-likeness (QED) is 0.272. The molecule has 1 aromatic heterocycles. The van der Waals surface area contributed by atoms with Crippen LogP contribution in [-0.2, 0) is 11.8 Å². The van der Waals surface area contributed by atoms with Crippen LogP contribution in [0.2, 0.25) is 0 Å². The lowest BCUT2D eigenvalue weighted by Gasteiger charge is -2.34. The first-order valence-electron chi connectivity index (χ1n) is 13.4. The lowest BCUT2D eigenvalue weighted by atomic mass is 9.74. The second-order valence-corrected chi connectivity index (χ2v) is 9.89. The van der Waals surface area contributed by atoms with E-state index in [-0.39, 0.29) is 5.41 Å². The molecule has 1 heterocycles. The van der Waals surface area contributed by atoms with Gasteiger partial charge in [0, 0.05) is 27.2 Å². The zero-order valence-electron chi connectivity index (χ0n) is 24.8. The van der Waals surface area contributed by atoms with Gasteiger partial charge in [-0.3, -0.25) is 0 Å². The number of rotatable bonds is 14. The Labute approximate surface area is 221 Å². The van der Waals surface area contributed by atoms with Crippen LogP contribution in [0.15, 0.2) is 59.3 Å². The molecule has 0 amide bonds. The third kappa shape index (κ3) is 7.70. The summed E-state index contributed by atoms with van der Waals surface area (Å²) in [6.07, 6.45) is 13.8. The van der Waals surface area contributed by atoms with Crippen LogP contribution >= 0.6 is 0 Å². The van der Waals surface area contributed by atoms with Crippen molar-refractivity contribution in [3.05, 3.63) is 69.9 Å². The Morgan fingerprint density at radius 2 is 1.81 bits per heavy atom. The second-order valence-electron chi connectivity index (χ2n) is 9.89. The first-order valence-corrected chi connectivity index (χ1v) is 13.4. The molecule has 4 nitrogen and oxygen atoms in total. The SMILES string of the molecule is C=C(C)\C=C/C(=C\C)C(/CC)=c1/c(=C)nc(N(CC)CCC(C)(CC)C(/C=C\C)=C(/C)COC)n1C. The summed E-state index contributed by atoms with van der Waals surface area (Å²) in [5.41, 5.74) is 6.21. The highest BCUT2D eigenvalue weighted by Gasteiger charge is 2.28. The second kappa shape index (κ2) is 14.8. The number of imidazole rings is 1. The first kappa shape index (κ1) is 31.4. The molecule has 0 aliphatic carbocycles. The Morgan fingerprint density at radius 3 is 2.28 bits per heavy atom. The van der Waals surface area contributed by atoms with Gasteiger partial charge in [0.25, 0.3) is 0 Å². The number of allylic oxidation sites excluding steroid dienone is 8. The molecule has 0 saturated carbocycles. The van der Waals surface area contributed by atoms with Gasteiger partial charge in [-0.05, 0) is 81.6 Å². The van der Waals surface area contributed by atoms with Crippen LogP contribution in [0, 0.1) is 5.41 Å². The fourth-order valence-corrected chi connectivity index (χ4v) is 4.92. The van der Waals surface area contributed by atoms with Crippen molar-refractivity contribution in [2.24, 2.45) is 12.5 Å². The predicted octanol–water partition coefficient (Wildman–Crippen LogP) is 6.64. The number of methoxy groups -OCH3 is 1. The number of nitrogens with zero attached hydrogens (tertiary/aromatic N) is 3. The summed E-state index contributed by atoms with van der Waals surface area (Å²) in [4.78, 5) is 7.36. The Kier molecular flexibility index (Phi) is 13.0. The lowest BCUT2D eigenvalue weighted by Crippen LogP contribution is -2.34. The third-order valence-corrected chi connectivity index (χ3v) is 7.17. The van der Waals surface area contributed by atoms with Crippen molar-refractivity contribution in [3.8, 4) is 0 Å². The Bertz CT molecular complexity index is 1110. The minimum absolute atomic E-state index is 0.0516. The number of aromatic nitrogens is 2. The summed E-state index contributed by atoms with van der Waals surface area (Å²) in [7, 11) is 3.89. The molecule has 0 fully saturated rings. The molecule has 1 unspecified atom stereocenters. The molecule has 200 valence electrons. The van der Waals surface area contributed by atoms with Crippen molar-refractivity contribution in [1.29, 1.82) is 0 Å². The van der Waals surface area contributed by atoms with Crippen LogP contribution in [0.3, 0.4) is 0 Å². The van der Waals surface area contributed by atoms with Crippen LogP contribution in [0.5, 0.6) is 0 Å². The summed E-state index contributed by atoms with van der Waals surface area (Å²) >= 11 is 0. The molecule has 0 aliphatic heterocycles. The molecule has 36 heavy (non-hydrogen) atoms. The van der Waals surface area contributed by atoms with E-state index in [9.17, 15) is 0 Å². The Balaban J connectivity index is 3.52. The fraction of sp³-hybridized carbons (Fsp3) is 0.531. The highest BCUT2D eigenvalue weighted by molar-refractivity contribution is 5.68. The smallest absolute Gasteiger partial charge is 0.206 e. The lowest BCUT2D eigenvalue weighted by molar-refractivity contribution is 0.222. The van der Waals surface area contributed by atoms with Gasteiger partial charge >= 0.3 is 0 Å². The van der Waals surface area contributed by atoms with Gasteiger partial charge < -0.3 is 14.2 Å². The predicted molar refractivity (Wildman–Crippen MR) is 160 cm³/mol. The standard InChI is InChI=1S/C32H51N3O/c1-13-18-29(25(8)23-36-12)32(10,16-4)21-22-35(17-5)31-33-26(9)30(34(31)11)28(15-3)27(14-2)20-19-24(6)7/h13-14,18-20H,6,9,15-17,21-23H2,1-5,7-8,10-12H3/b18-13-,20-19-,27-14+,29-25-,30-28-. The zero-order chi connectivity index (χ0) is 27.5. The van der Waals surface area contributed by atoms with E-state index in [4.69, 9.17) is 9.72 Å². The van der Waals surface area contributed by atoms with Crippen molar-refractivity contribution in [2.75, 3.05) is 31.7 Å². The molecule has 0 bridgehead atoms. The number of hydrogen-bond acceptors (Lipinski definition) is 3. The van der Waals surface area contributed by atoms with E-state index in [1.165, 1.54) is 22.3 Å². The minimum Gasteiger partial charge on any atom is -0.380 e. The average molecular weight is 494 g/mol. The van der Waals surface area contributed by atoms with E-state index >= 15 is 0 Å². The van der Waals surface area contributed by atoms with E-state index in [0.29, 0.717) is 6.61 Å². The van der Waals surface area contributed by atoms with Crippen LogP contribution in [0.25, 0.3) is 12.2 Å². The topological polar surface area (TPSA) is 30.3 Å². The highest BCUT2D eigenvalue weighted by Crippen LogP contribution is 2.38. The van der Waals surface area contributed by atoms with Gasteiger partial charge in [0.15, 0.2) is 0 Å². The molecule has 0 aliphatic rings. The average Bonchev–Trinajstić information content (AvgIpc) is 3.13. The largest absolute Gasteiger partial charge is 0.380 e. The molecule has 1 atom stereocenters. The number of hydrogen-bond donors (Lipinski definition) is 0. The molecular weight excluding hydrogens is 442 g/mol. The van der Waals surface area contributed by atoms with Gasteiger partial charge in [-0.15, -0.1) is 0 Å². The molecule has 0 radical (unpaired) electrons. The van der Waals surface area contributed by atoms with Crippen LogP contribution in [-0.4, -0.2) is 36.4 Å². The van der Waals surface area contributed by atoms with Gasteiger partial charge in [-0.1, -0.05) is 69.9 Å². The van der Waals surface area contributed by atoms with Gasteiger partial charge in [0.1, 0.15) is 0 Å². The van der Waals surface area contributed by atoms with Crippen LogP contribution < -0.4 is 15.6 Å². The van der Waals surface area contributed by atoms with Gasteiger partial charge in [-0.2, -0.15) is 0 Å². The molecule has 1 rings (SSSR count). The zero-order valence-corrected chi connectivity index (χ0v) is 24.8. The van der Waals surface area contributed by atoms with Crippen molar-refractivity contribution in [3.63, 3.8) is 0 Å². The van der Waals surface area contributed by atoms with Gasteiger partial charge in [0.05, 0.1) is 17.3 Å². The Hall–Kier alpha value is -2.59. The van der Waals surface area contributed by atoms with Crippen LogP contribution in [0.1, 0.15) is 74.7 Å². The van der Waals surface area contributed by atoms with E-state index in [1.54, 1.807) is 7.11 Å². The summed E-state index contributed by atoms with van der Waals surface area (Å²) in [6.45, 7) is 28.2. The van der Waals surface area contributed by atoms with Crippen molar-refractivity contribution in [1.82, 2.24) is 9.55 Å². The van der Waals surface area contributed by atoms with E-state index in [2.05, 4.69) is 109 Å². The highest BCUT2D eigenvalue weighted by atomic mass is 16.5. The molecule has 0 aromatic carbocycles. The monoisotopic (exact) mass is 493 g/mol. The molecule has 0 spiro atoms. The Morgan fingerprint density at radius 1 is 1.14 bits per heavy atom. The third-order valence-electron chi connectivity index (χ3n) is 7.17. The summed E-state index contributed by atoms with van der Waals surface area (Å²) in [5.74, 6) is 0.978. The molecule has 0 N–H and O–H groups in total. The number of anilines is 1. The summed E-state index contributed by atoms with van der Waals surface area (Å²) in [5, 5.41) is 1.93. The van der Waals surface area contributed by atoms with E-state index < -0.39 is 0 Å². The van der Waals surface area contributed by atoms with E-state index in [1.807, 2.05) is 6.92 Å². The maximum atomic E-state index is 5.47. The summed E-state index contributed by atoms with van der Waals surface area (Å²) in [6, 6.07) is 0. The van der Waals surface area contributed by atoms with Crippen LogP contribution in [0.4, 0.5) is 5.95 Å². The number of ether oxygens (including phenoxy) is 1. The first-order chi connectivity index (χ1) is 17.0. The molecule has 1 aromatic rings. The molecular formula is C32H51N3O. The summed E-state index contributed by atoms with van der Waals surface area (Å²) < 4.78 is 7.70. The van der Waals surface area contributed by atoms with Gasteiger partial charge in [0.2, 0.25) is 5.95 Å². The molecule has 4 heteroatoms.